The number of rotatable bonds is 5. The van der Waals surface area contributed by atoms with Crippen LogP contribution < -0.4 is 5.32 Å². The normalized spacial score (nSPS) is 20.1. The van der Waals surface area contributed by atoms with Gasteiger partial charge < -0.3 is 15.0 Å². The molecule has 0 fully saturated rings. The standard InChI is InChI=1S/C26H28N2O3/c1-5-31-24(29)23-18(4)28(16-17(2)3)22(19-11-7-6-8-12-19)15-26(23)20-13-9-10-14-21(20)27-25(26)30/h6-15,17H,5,16H2,1-4H3,(H,27,30)/t26-/m1/s1. The molecule has 4 rings (SSSR count). The number of benzene rings is 2. The van der Waals surface area contributed by atoms with Crippen LogP contribution in [-0.4, -0.2) is 29.9 Å². The first kappa shape index (κ1) is 20.9. The molecular formula is C26H28N2O3. The van der Waals surface area contributed by atoms with Crippen LogP contribution in [0.5, 0.6) is 0 Å². The second kappa shape index (κ2) is 8.06. The molecule has 0 bridgehead atoms. The van der Waals surface area contributed by atoms with E-state index in [2.05, 4.69) is 24.1 Å². The van der Waals surface area contributed by atoms with Gasteiger partial charge in [-0.15, -0.1) is 0 Å². The maximum atomic E-state index is 13.6. The minimum absolute atomic E-state index is 0.228. The Kier molecular flexibility index (Phi) is 5.44. The van der Waals surface area contributed by atoms with Gasteiger partial charge in [-0.3, -0.25) is 4.79 Å². The van der Waals surface area contributed by atoms with E-state index in [1.165, 1.54) is 0 Å². The lowest BCUT2D eigenvalue weighted by molar-refractivity contribution is -0.140. The van der Waals surface area contributed by atoms with Crippen LogP contribution in [0.4, 0.5) is 5.69 Å². The lowest BCUT2D eigenvalue weighted by atomic mass is 9.71. The molecule has 5 nitrogen and oxygen atoms in total. The molecule has 5 heteroatoms. The van der Waals surface area contributed by atoms with E-state index in [0.29, 0.717) is 11.5 Å². The first-order chi connectivity index (χ1) is 14.9. The summed E-state index contributed by atoms with van der Waals surface area (Å²) in [6, 6.07) is 17.6. The minimum Gasteiger partial charge on any atom is -0.463 e. The molecule has 1 N–H and O–H groups in total. The summed E-state index contributed by atoms with van der Waals surface area (Å²) in [6.07, 6.45) is 1.95. The topological polar surface area (TPSA) is 58.6 Å². The molecule has 2 aromatic carbocycles. The predicted octanol–water partition coefficient (Wildman–Crippen LogP) is 4.73. The zero-order chi connectivity index (χ0) is 22.2. The number of hydrogen-bond acceptors (Lipinski definition) is 4. The number of para-hydroxylation sites is 1. The summed E-state index contributed by atoms with van der Waals surface area (Å²) < 4.78 is 5.46. The van der Waals surface area contributed by atoms with Crippen LogP contribution in [0.15, 0.2) is 71.9 Å². The van der Waals surface area contributed by atoms with Gasteiger partial charge in [-0.2, -0.15) is 0 Å². The number of esters is 1. The molecule has 0 radical (unpaired) electrons. The fraction of sp³-hybridized carbons (Fsp3) is 0.308. The molecule has 2 aromatic rings. The number of nitrogens with one attached hydrogen (secondary N) is 1. The Morgan fingerprint density at radius 1 is 1.10 bits per heavy atom. The molecule has 1 atom stereocenters. The summed E-state index contributed by atoms with van der Waals surface area (Å²) in [7, 11) is 0. The van der Waals surface area contributed by atoms with Crippen molar-refractivity contribution in [3.63, 3.8) is 0 Å². The predicted molar refractivity (Wildman–Crippen MR) is 122 cm³/mol. The Morgan fingerprint density at radius 3 is 2.45 bits per heavy atom. The number of hydrogen-bond donors (Lipinski definition) is 1. The Bertz CT molecular complexity index is 1080. The molecule has 0 aromatic heterocycles. The first-order valence-corrected chi connectivity index (χ1v) is 10.7. The van der Waals surface area contributed by atoms with E-state index in [1.807, 2.05) is 67.6 Å². The van der Waals surface area contributed by atoms with Crippen molar-refractivity contribution in [2.24, 2.45) is 5.92 Å². The Labute approximate surface area is 183 Å². The third-order valence-electron chi connectivity index (χ3n) is 5.86. The number of anilines is 1. The number of carbonyl (C=O) groups is 2. The van der Waals surface area contributed by atoms with E-state index in [0.717, 1.165) is 34.8 Å². The van der Waals surface area contributed by atoms with Gasteiger partial charge in [0.25, 0.3) is 0 Å². The summed E-state index contributed by atoms with van der Waals surface area (Å²) in [6.45, 7) is 8.94. The highest BCUT2D eigenvalue weighted by Crippen LogP contribution is 2.50. The molecular weight excluding hydrogens is 388 g/mol. The monoisotopic (exact) mass is 416 g/mol. The van der Waals surface area contributed by atoms with Crippen LogP contribution >= 0.6 is 0 Å². The van der Waals surface area contributed by atoms with Crippen molar-refractivity contribution >= 4 is 23.3 Å². The average Bonchev–Trinajstić information content (AvgIpc) is 3.02. The number of carbonyl (C=O) groups excluding carboxylic acids is 2. The Morgan fingerprint density at radius 2 is 1.77 bits per heavy atom. The lowest BCUT2D eigenvalue weighted by Crippen LogP contribution is -2.45. The van der Waals surface area contributed by atoms with Crippen LogP contribution in [-0.2, 0) is 19.7 Å². The minimum atomic E-state index is -1.23. The van der Waals surface area contributed by atoms with Gasteiger partial charge in [0.05, 0.1) is 12.2 Å². The zero-order valence-corrected chi connectivity index (χ0v) is 18.4. The van der Waals surface area contributed by atoms with Crippen LogP contribution in [0, 0.1) is 5.92 Å². The van der Waals surface area contributed by atoms with Crippen LogP contribution in [0.3, 0.4) is 0 Å². The Balaban J connectivity index is 2.03. The van der Waals surface area contributed by atoms with Crippen molar-refractivity contribution < 1.29 is 14.3 Å². The summed E-state index contributed by atoms with van der Waals surface area (Å²) in [4.78, 5) is 29.0. The molecule has 0 saturated carbocycles. The maximum absolute atomic E-state index is 13.6. The van der Waals surface area contributed by atoms with Crippen molar-refractivity contribution in [2.75, 3.05) is 18.5 Å². The largest absolute Gasteiger partial charge is 0.463 e. The van der Waals surface area contributed by atoms with E-state index in [4.69, 9.17) is 4.74 Å². The second-order valence-corrected chi connectivity index (χ2v) is 8.39. The van der Waals surface area contributed by atoms with Crippen molar-refractivity contribution in [3.05, 3.63) is 83.1 Å². The van der Waals surface area contributed by atoms with Gasteiger partial charge in [0.2, 0.25) is 5.91 Å². The highest BCUT2D eigenvalue weighted by molar-refractivity contribution is 6.17. The molecule has 0 aliphatic carbocycles. The maximum Gasteiger partial charge on any atom is 0.337 e. The molecule has 2 aliphatic heterocycles. The number of fused-ring (bicyclic) bond motifs is 2. The number of ether oxygens (including phenoxy) is 1. The van der Waals surface area contributed by atoms with Gasteiger partial charge >= 0.3 is 5.97 Å². The SMILES string of the molecule is CCOC(=O)C1=C(C)N(CC(C)C)C(c2ccccc2)=C[C@]12C(=O)Nc1ccccc12. The lowest BCUT2D eigenvalue weighted by Gasteiger charge is -2.41. The number of amides is 1. The molecule has 2 aliphatic rings. The molecule has 1 amide bonds. The number of allylic oxidation sites excluding steroid dienone is 1. The van der Waals surface area contributed by atoms with E-state index in [9.17, 15) is 9.59 Å². The summed E-state index contributed by atoms with van der Waals surface area (Å²) >= 11 is 0. The van der Waals surface area contributed by atoms with Gasteiger partial charge in [-0.1, -0.05) is 62.4 Å². The van der Waals surface area contributed by atoms with Gasteiger partial charge in [0.15, 0.2) is 0 Å². The van der Waals surface area contributed by atoms with Crippen LogP contribution in [0.2, 0.25) is 0 Å². The molecule has 160 valence electrons. The van der Waals surface area contributed by atoms with Gasteiger partial charge in [-0.25, -0.2) is 4.79 Å². The van der Waals surface area contributed by atoms with Gasteiger partial charge in [0.1, 0.15) is 5.41 Å². The average molecular weight is 417 g/mol. The fourth-order valence-electron chi connectivity index (χ4n) is 4.59. The fourth-order valence-corrected chi connectivity index (χ4v) is 4.59. The van der Waals surface area contributed by atoms with E-state index in [1.54, 1.807) is 6.92 Å². The third kappa shape index (κ3) is 3.34. The van der Waals surface area contributed by atoms with Crippen LogP contribution in [0.1, 0.15) is 38.8 Å². The number of nitrogens with zero attached hydrogens (tertiary/aromatic N) is 1. The zero-order valence-electron chi connectivity index (χ0n) is 18.4. The van der Waals surface area contributed by atoms with Crippen molar-refractivity contribution in [1.29, 1.82) is 0 Å². The third-order valence-corrected chi connectivity index (χ3v) is 5.86. The molecule has 0 saturated heterocycles. The van der Waals surface area contributed by atoms with Crippen molar-refractivity contribution in [1.82, 2.24) is 4.90 Å². The van der Waals surface area contributed by atoms with Crippen molar-refractivity contribution in [3.8, 4) is 0 Å². The first-order valence-electron chi connectivity index (χ1n) is 10.7. The summed E-state index contributed by atoms with van der Waals surface area (Å²) in [5.74, 6) is -0.332. The quantitative estimate of drug-likeness (QED) is 0.716. The Hall–Kier alpha value is -3.34. The molecule has 1 spiro atoms. The van der Waals surface area contributed by atoms with E-state index >= 15 is 0 Å². The highest BCUT2D eigenvalue weighted by atomic mass is 16.5. The van der Waals surface area contributed by atoms with Crippen molar-refractivity contribution in [2.45, 2.75) is 33.1 Å². The van der Waals surface area contributed by atoms with Crippen LogP contribution in [0.25, 0.3) is 5.70 Å². The van der Waals surface area contributed by atoms with E-state index in [-0.39, 0.29) is 12.5 Å². The highest BCUT2D eigenvalue weighted by Gasteiger charge is 2.54. The summed E-state index contributed by atoms with van der Waals surface area (Å²) in [5.41, 5.74) is 3.33. The molecule has 2 heterocycles. The molecule has 0 unspecified atom stereocenters. The molecule has 31 heavy (non-hydrogen) atoms. The summed E-state index contributed by atoms with van der Waals surface area (Å²) in [5, 5.41) is 2.99. The van der Waals surface area contributed by atoms with Gasteiger partial charge in [-0.05, 0) is 43.0 Å². The smallest absolute Gasteiger partial charge is 0.337 e. The second-order valence-electron chi connectivity index (χ2n) is 8.39. The van der Waals surface area contributed by atoms with E-state index < -0.39 is 11.4 Å². The van der Waals surface area contributed by atoms with Gasteiger partial charge in [0, 0.05) is 23.6 Å².